The predicted octanol–water partition coefficient (Wildman–Crippen LogP) is 3.75. The topological polar surface area (TPSA) is 66.4 Å². The Morgan fingerprint density at radius 2 is 1.90 bits per heavy atom. The van der Waals surface area contributed by atoms with Crippen LogP contribution in [0.25, 0.3) is 0 Å². The molecule has 2 N–H and O–H groups in total. The number of rotatable bonds is 3. The van der Waals surface area contributed by atoms with E-state index in [1.54, 1.807) is 0 Å². The summed E-state index contributed by atoms with van der Waals surface area (Å²) in [5.41, 5.74) is -0.260. The van der Waals surface area contributed by atoms with Gasteiger partial charge in [-0.15, -0.1) is 0 Å². The summed E-state index contributed by atoms with van der Waals surface area (Å²) in [5, 5.41) is 9.53. The highest BCUT2D eigenvalue weighted by atomic mass is 79.9. The second-order valence-electron chi connectivity index (χ2n) is 3.84. The zero-order chi connectivity index (χ0) is 14.9. The second-order valence-corrected chi connectivity index (χ2v) is 6.82. The van der Waals surface area contributed by atoms with E-state index in [4.69, 9.17) is 11.6 Å². The third kappa shape index (κ3) is 3.23. The molecule has 2 rings (SSSR count). The van der Waals surface area contributed by atoms with Crippen LogP contribution >= 0.6 is 27.5 Å². The smallest absolute Gasteiger partial charge is 0.263 e. The van der Waals surface area contributed by atoms with Crippen LogP contribution < -0.4 is 4.72 Å². The summed E-state index contributed by atoms with van der Waals surface area (Å²) in [7, 11) is -4.03. The van der Waals surface area contributed by atoms with E-state index in [9.17, 15) is 17.9 Å². The standard InChI is InChI=1S/C12H8BrClFNO3S/c13-7-1-4-12(9(14)5-7)20(18,19)16-10-6-8(15)2-3-11(10)17/h1-6,16-17H. The monoisotopic (exact) mass is 379 g/mol. The van der Waals surface area contributed by atoms with Crippen LogP contribution in [0.2, 0.25) is 5.02 Å². The number of phenols is 1. The van der Waals surface area contributed by atoms with E-state index in [1.807, 2.05) is 0 Å². The first-order chi connectivity index (χ1) is 9.29. The van der Waals surface area contributed by atoms with Gasteiger partial charge in [-0.3, -0.25) is 4.72 Å². The minimum Gasteiger partial charge on any atom is -0.506 e. The van der Waals surface area contributed by atoms with Crippen molar-refractivity contribution in [3.8, 4) is 5.75 Å². The van der Waals surface area contributed by atoms with Crippen molar-refractivity contribution in [2.24, 2.45) is 0 Å². The van der Waals surface area contributed by atoms with E-state index < -0.39 is 15.8 Å². The highest BCUT2D eigenvalue weighted by Crippen LogP contribution is 2.30. The molecule has 106 valence electrons. The molecular formula is C12H8BrClFNO3S. The Hall–Kier alpha value is -1.31. The van der Waals surface area contributed by atoms with Crippen molar-refractivity contribution >= 4 is 43.2 Å². The molecule has 0 spiro atoms. The molecule has 0 aliphatic carbocycles. The van der Waals surface area contributed by atoms with Gasteiger partial charge in [0.2, 0.25) is 0 Å². The van der Waals surface area contributed by atoms with E-state index in [-0.39, 0.29) is 21.4 Å². The van der Waals surface area contributed by atoms with Crippen molar-refractivity contribution in [2.45, 2.75) is 4.90 Å². The maximum Gasteiger partial charge on any atom is 0.263 e. The molecule has 0 aliphatic rings. The van der Waals surface area contributed by atoms with E-state index >= 15 is 0 Å². The van der Waals surface area contributed by atoms with Crippen molar-refractivity contribution in [3.63, 3.8) is 0 Å². The normalized spacial score (nSPS) is 11.3. The van der Waals surface area contributed by atoms with Crippen molar-refractivity contribution in [3.05, 3.63) is 51.7 Å². The number of nitrogens with one attached hydrogen (secondary N) is 1. The zero-order valence-corrected chi connectivity index (χ0v) is 12.9. The van der Waals surface area contributed by atoms with Gasteiger partial charge in [0.1, 0.15) is 16.5 Å². The van der Waals surface area contributed by atoms with Crippen LogP contribution in [-0.4, -0.2) is 13.5 Å². The predicted molar refractivity (Wildman–Crippen MR) is 78.0 cm³/mol. The molecule has 0 unspecified atom stereocenters. The summed E-state index contributed by atoms with van der Waals surface area (Å²) in [5.74, 6) is -1.06. The Bertz CT molecular complexity index is 767. The molecule has 0 amide bonds. The number of sulfonamides is 1. The Balaban J connectivity index is 2.43. The summed E-state index contributed by atoms with van der Waals surface area (Å²) in [4.78, 5) is -0.175. The molecule has 0 radical (unpaired) electrons. The van der Waals surface area contributed by atoms with Crippen LogP contribution in [0.15, 0.2) is 45.8 Å². The average Bonchev–Trinajstić information content (AvgIpc) is 2.33. The lowest BCUT2D eigenvalue weighted by molar-refractivity contribution is 0.475. The zero-order valence-electron chi connectivity index (χ0n) is 9.77. The first-order valence-corrected chi connectivity index (χ1v) is 7.91. The summed E-state index contributed by atoms with van der Waals surface area (Å²) < 4.78 is 40.1. The maximum absolute atomic E-state index is 13.1. The number of hydrogen-bond donors (Lipinski definition) is 2. The Labute approximate surface area is 128 Å². The number of benzene rings is 2. The van der Waals surface area contributed by atoms with Crippen LogP contribution in [0, 0.1) is 5.82 Å². The molecule has 8 heteroatoms. The fraction of sp³-hybridized carbons (Fsp3) is 0. The third-order valence-electron chi connectivity index (χ3n) is 2.39. The lowest BCUT2D eigenvalue weighted by atomic mass is 10.3. The molecule has 2 aromatic carbocycles. The Morgan fingerprint density at radius 1 is 1.20 bits per heavy atom. The van der Waals surface area contributed by atoms with E-state index in [2.05, 4.69) is 20.7 Å². The molecule has 0 heterocycles. The van der Waals surface area contributed by atoms with Crippen molar-refractivity contribution in [1.29, 1.82) is 0 Å². The van der Waals surface area contributed by atoms with E-state index in [0.29, 0.717) is 4.47 Å². The van der Waals surface area contributed by atoms with Gasteiger partial charge in [0, 0.05) is 10.5 Å². The molecule has 20 heavy (non-hydrogen) atoms. The maximum atomic E-state index is 13.1. The van der Waals surface area contributed by atoms with Crippen LogP contribution in [0.5, 0.6) is 5.75 Å². The molecule has 0 aliphatic heterocycles. The second kappa shape index (κ2) is 5.59. The number of halogens is 3. The fourth-order valence-electron chi connectivity index (χ4n) is 1.48. The van der Waals surface area contributed by atoms with Gasteiger partial charge in [0.25, 0.3) is 10.0 Å². The molecule has 0 saturated carbocycles. The highest BCUT2D eigenvalue weighted by Gasteiger charge is 2.19. The lowest BCUT2D eigenvalue weighted by Crippen LogP contribution is -2.13. The average molecular weight is 381 g/mol. The van der Waals surface area contributed by atoms with E-state index in [1.165, 1.54) is 18.2 Å². The molecule has 0 saturated heterocycles. The first-order valence-electron chi connectivity index (χ1n) is 5.26. The summed E-state index contributed by atoms with van der Waals surface area (Å²) in [6.07, 6.45) is 0. The SMILES string of the molecule is O=S(=O)(Nc1cc(F)ccc1O)c1ccc(Br)cc1Cl. The van der Waals surface area contributed by atoms with Gasteiger partial charge in [0.05, 0.1) is 10.7 Å². The Morgan fingerprint density at radius 3 is 2.55 bits per heavy atom. The van der Waals surface area contributed by atoms with Crippen molar-refractivity contribution < 1.29 is 17.9 Å². The van der Waals surface area contributed by atoms with Gasteiger partial charge in [-0.25, -0.2) is 12.8 Å². The summed E-state index contributed by atoms with van der Waals surface area (Å²) >= 11 is 9.03. The lowest BCUT2D eigenvalue weighted by Gasteiger charge is -2.11. The molecular weight excluding hydrogens is 373 g/mol. The fourth-order valence-corrected chi connectivity index (χ4v) is 3.59. The van der Waals surface area contributed by atoms with Crippen LogP contribution in [0.4, 0.5) is 10.1 Å². The van der Waals surface area contributed by atoms with Gasteiger partial charge in [0.15, 0.2) is 0 Å². The largest absolute Gasteiger partial charge is 0.506 e. The number of hydrogen-bond acceptors (Lipinski definition) is 3. The molecule has 0 aromatic heterocycles. The van der Waals surface area contributed by atoms with Crippen LogP contribution in [0.3, 0.4) is 0 Å². The molecule has 2 aromatic rings. The summed E-state index contributed by atoms with van der Waals surface area (Å²) in [6.45, 7) is 0. The van der Waals surface area contributed by atoms with E-state index in [0.717, 1.165) is 18.2 Å². The highest BCUT2D eigenvalue weighted by molar-refractivity contribution is 9.10. The quantitative estimate of drug-likeness (QED) is 0.797. The summed E-state index contributed by atoms with van der Waals surface area (Å²) in [6, 6.07) is 7.16. The van der Waals surface area contributed by atoms with Gasteiger partial charge in [-0.2, -0.15) is 0 Å². The number of phenolic OH excluding ortho intramolecular Hbond substituents is 1. The van der Waals surface area contributed by atoms with Gasteiger partial charge in [-0.1, -0.05) is 27.5 Å². The molecule has 0 bridgehead atoms. The van der Waals surface area contributed by atoms with Gasteiger partial charge in [-0.05, 0) is 30.3 Å². The minimum absolute atomic E-state index is 0.00256. The Kier molecular flexibility index (Phi) is 4.22. The van der Waals surface area contributed by atoms with Gasteiger partial charge >= 0.3 is 0 Å². The third-order valence-corrected chi connectivity index (χ3v) is 4.73. The first kappa shape index (κ1) is 15.1. The number of anilines is 1. The number of aromatic hydroxyl groups is 1. The molecule has 4 nitrogen and oxygen atoms in total. The van der Waals surface area contributed by atoms with Crippen molar-refractivity contribution in [1.82, 2.24) is 0 Å². The molecule has 0 atom stereocenters. The van der Waals surface area contributed by atoms with Gasteiger partial charge < -0.3 is 5.11 Å². The van der Waals surface area contributed by atoms with Crippen molar-refractivity contribution in [2.75, 3.05) is 4.72 Å². The van der Waals surface area contributed by atoms with Crippen LogP contribution in [-0.2, 0) is 10.0 Å². The minimum atomic E-state index is -4.03. The van der Waals surface area contributed by atoms with Crippen LogP contribution in [0.1, 0.15) is 0 Å². The molecule has 0 fully saturated rings.